The van der Waals surface area contributed by atoms with Crippen LogP contribution in [0.4, 0.5) is 0 Å². The van der Waals surface area contributed by atoms with Crippen LogP contribution in [0.5, 0.6) is 0 Å². The summed E-state index contributed by atoms with van der Waals surface area (Å²) in [5.41, 5.74) is 10.1. The Labute approximate surface area is 333 Å². The lowest BCUT2D eigenvalue weighted by Gasteiger charge is -2.14. The van der Waals surface area contributed by atoms with Gasteiger partial charge in [0, 0.05) is 48.9 Å². The average molecular weight is 741 g/mol. The first-order valence-electron chi connectivity index (χ1n) is 20.2. The molecule has 3 nitrogen and oxygen atoms in total. The highest BCUT2D eigenvalue weighted by atomic mass is 16.3. The van der Waals surface area contributed by atoms with E-state index in [2.05, 4.69) is 193 Å². The fourth-order valence-corrected chi connectivity index (χ4v) is 10.2. The van der Waals surface area contributed by atoms with Gasteiger partial charge in [-0.25, -0.2) is 0 Å². The van der Waals surface area contributed by atoms with Gasteiger partial charge in [-0.1, -0.05) is 129 Å². The SMILES string of the molecule is CC1(C)C=c2c(n(-c3ccc4oc5ccccc5c4c3)c3ccc(-c4ccc5c(c4)c4ccccc4n5-c4ccc5c6ccccc6c6ccccc6c5c4)cc23)=C1. The van der Waals surface area contributed by atoms with Crippen LogP contribution in [0, 0.1) is 5.41 Å². The second-order valence-corrected chi connectivity index (χ2v) is 16.7. The Kier molecular flexibility index (Phi) is 6.23. The number of fused-ring (bicyclic) bond motifs is 15. The minimum absolute atomic E-state index is 0.0497. The van der Waals surface area contributed by atoms with Gasteiger partial charge in [-0.2, -0.15) is 0 Å². The van der Waals surface area contributed by atoms with Crippen molar-refractivity contribution in [2.45, 2.75) is 13.8 Å². The molecule has 1 aliphatic carbocycles. The normalized spacial score (nSPS) is 13.8. The van der Waals surface area contributed by atoms with E-state index < -0.39 is 0 Å². The lowest BCUT2D eigenvalue weighted by Crippen LogP contribution is -2.25. The van der Waals surface area contributed by atoms with Crippen LogP contribution in [-0.2, 0) is 0 Å². The molecular formula is C55H36N2O. The van der Waals surface area contributed by atoms with Crippen molar-refractivity contribution < 1.29 is 4.42 Å². The van der Waals surface area contributed by atoms with Gasteiger partial charge < -0.3 is 13.6 Å². The third-order valence-electron chi connectivity index (χ3n) is 12.7. The van der Waals surface area contributed by atoms with Gasteiger partial charge in [0.1, 0.15) is 11.2 Å². The number of aromatic nitrogens is 2. The number of benzene rings is 9. The highest BCUT2D eigenvalue weighted by molar-refractivity contribution is 6.25. The van der Waals surface area contributed by atoms with Crippen molar-refractivity contribution in [3.05, 3.63) is 180 Å². The van der Waals surface area contributed by atoms with Crippen LogP contribution in [0.3, 0.4) is 0 Å². The molecule has 0 unspecified atom stereocenters. The third-order valence-corrected chi connectivity index (χ3v) is 12.7. The van der Waals surface area contributed by atoms with Crippen molar-refractivity contribution in [2.24, 2.45) is 5.41 Å². The molecular weight excluding hydrogens is 705 g/mol. The molecule has 0 bridgehead atoms. The van der Waals surface area contributed by atoms with E-state index in [-0.39, 0.29) is 5.41 Å². The Morgan fingerprint density at radius 1 is 0.362 bits per heavy atom. The molecule has 1 aliphatic rings. The largest absolute Gasteiger partial charge is 0.456 e. The van der Waals surface area contributed by atoms with Gasteiger partial charge in [0.15, 0.2) is 0 Å². The maximum absolute atomic E-state index is 6.21. The Balaban J connectivity index is 0.993. The molecule has 58 heavy (non-hydrogen) atoms. The molecule has 272 valence electrons. The summed E-state index contributed by atoms with van der Waals surface area (Å²) in [7, 11) is 0. The van der Waals surface area contributed by atoms with E-state index >= 15 is 0 Å². The van der Waals surface area contributed by atoms with Gasteiger partial charge in [0.25, 0.3) is 0 Å². The Hall–Kier alpha value is -7.36. The first kappa shape index (κ1) is 31.8. The smallest absolute Gasteiger partial charge is 0.135 e. The standard InChI is InChI=1S/C55H36N2O/c1-55(2)31-48-46-28-34(20-25-51(46)57(52(48)32-55)36-22-26-54-47(30-36)43-16-8-10-18-53(43)58-54)33-19-24-50-45(27-33)42-15-7-9-17-49(42)56(50)35-21-23-41-39-13-4-3-11-37(39)38-12-5-6-14-40(38)44(41)29-35/h3-32H,1-2H3. The topological polar surface area (TPSA) is 23.0 Å². The van der Waals surface area contributed by atoms with Crippen LogP contribution in [0.2, 0.25) is 0 Å². The molecule has 0 aliphatic heterocycles. The van der Waals surface area contributed by atoms with Gasteiger partial charge in [-0.3, -0.25) is 0 Å². The van der Waals surface area contributed by atoms with Crippen LogP contribution in [0.1, 0.15) is 13.8 Å². The van der Waals surface area contributed by atoms with Crippen LogP contribution in [0.25, 0.3) is 122 Å². The first-order chi connectivity index (χ1) is 28.5. The highest BCUT2D eigenvalue weighted by Crippen LogP contribution is 2.40. The zero-order valence-corrected chi connectivity index (χ0v) is 32.1. The molecule has 12 aromatic rings. The number of nitrogens with zero attached hydrogens (tertiary/aromatic N) is 2. The van der Waals surface area contributed by atoms with E-state index in [1.54, 1.807) is 0 Å². The molecule has 0 saturated heterocycles. The molecule has 0 saturated carbocycles. The molecule has 0 spiro atoms. The van der Waals surface area contributed by atoms with Crippen LogP contribution >= 0.6 is 0 Å². The van der Waals surface area contributed by atoms with Gasteiger partial charge in [0.05, 0.1) is 21.9 Å². The van der Waals surface area contributed by atoms with Crippen LogP contribution < -0.4 is 10.6 Å². The maximum atomic E-state index is 6.21. The molecule has 13 rings (SSSR count). The summed E-state index contributed by atoms with van der Waals surface area (Å²) in [6.45, 7) is 4.59. The lowest BCUT2D eigenvalue weighted by atomic mass is 9.94. The molecule has 0 radical (unpaired) electrons. The quantitative estimate of drug-likeness (QED) is 0.165. The number of rotatable bonds is 3. The van der Waals surface area contributed by atoms with E-state index in [1.165, 1.54) is 92.4 Å². The third kappa shape index (κ3) is 4.39. The summed E-state index contributed by atoms with van der Waals surface area (Å²) in [6, 6.07) is 62.4. The van der Waals surface area contributed by atoms with E-state index in [0.29, 0.717) is 0 Å². The molecule has 0 fully saturated rings. The summed E-state index contributed by atoms with van der Waals surface area (Å²) in [6.07, 6.45) is 4.85. The molecule has 3 heteroatoms. The lowest BCUT2D eigenvalue weighted by molar-refractivity contribution is 0.669. The fourth-order valence-electron chi connectivity index (χ4n) is 10.2. The van der Waals surface area contributed by atoms with Gasteiger partial charge >= 0.3 is 0 Å². The molecule has 0 N–H and O–H groups in total. The van der Waals surface area contributed by atoms with Gasteiger partial charge in [0.2, 0.25) is 0 Å². The monoisotopic (exact) mass is 740 g/mol. The second-order valence-electron chi connectivity index (χ2n) is 16.7. The Morgan fingerprint density at radius 2 is 0.879 bits per heavy atom. The molecule has 0 amide bonds. The van der Waals surface area contributed by atoms with Crippen molar-refractivity contribution in [3.63, 3.8) is 0 Å². The van der Waals surface area contributed by atoms with Crippen molar-refractivity contribution >= 4 is 99.1 Å². The molecule has 9 aromatic carbocycles. The Bertz CT molecular complexity index is 3850. The highest BCUT2D eigenvalue weighted by Gasteiger charge is 2.23. The van der Waals surface area contributed by atoms with Crippen LogP contribution in [0.15, 0.2) is 174 Å². The van der Waals surface area contributed by atoms with Crippen molar-refractivity contribution in [1.82, 2.24) is 9.13 Å². The predicted molar refractivity (Wildman–Crippen MR) is 245 cm³/mol. The molecule has 3 heterocycles. The summed E-state index contributed by atoms with van der Waals surface area (Å²) in [5, 5.41) is 16.3. The van der Waals surface area contributed by atoms with Crippen molar-refractivity contribution in [2.75, 3.05) is 0 Å². The van der Waals surface area contributed by atoms with E-state index in [9.17, 15) is 0 Å². The summed E-state index contributed by atoms with van der Waals surface area (Å²) >= 11 is 0. The number of furan rings is 1. The Morgan fingerprint density at radius 3 is 1.62 bits per heavy atom. The number of hydrogen-bond donors (Lipinski definition) is 0. The maximum Gasteiger partial charge on any atom is 0.135 e. The number of para-hydroxylation sites is 2. The van der Waals surface area contributed by atoms with E-state index in [4.69, 9.17) is 4.42 Å². The average Bonchev–Trinajstić information content (AvgIpc) is 3.98. The number of hydrogen-bond acceptors (Lipinski definition) is 1. The second kappa shape index (κ2) is 11.4. The zero-order chi connectivity index (χ0) is 38.3. The van der Waals surface area contributed by atoms with E-state index in [1.807, 2.05) is 12.1 Å². The molecule has 0 atom stereocenters. The zero-order valence-electron chi connectivity index (χ0n) is 32.1. The van der Waals surface area contributed by atoms with Gasteiger partial charge in [-0.15, -0.1) is 0 Å². The minimum Gasteiger partial charge on any atom is -0.456 e. The molecule has 3 aromatic heterocycles. The summed E-state index contributed by atoms with van der Waals surface area (Å²) in [5.74, 6) is 0. The fraction of sp³-hybridized carbons (Fsp3) is 0.0545. The predicted octanol–water partition coefficient (Wildman–Crippen LogP) is 13.4. The van der Waals surface area contributed by atoms with Crippen molar-refractivity contribution in [3.8, 4) is 22.5 Å². The van der Waals surface area contributed by atoms with Gasteiger partial charge in [-0.05, 0) is 110 Å². The minimum atomic E-state index is -0.0497. The first-order valence-corrected chi connectivity index (χ1v) is 20.2. The summed E-state index contributed by atoms with van der Waals surface area (Å²) in [4.78, 5) is 0. The summed E-state index contributed by atoms with van der Waals surface area (Å²) < 4.78 is 11.1. The van der Waals surface area contributed by atoms with Crippen LogP contribution in [-0.4, -0.2) is 9.13 Å². The van der Waals surface area contributed by atoms with Crippen molar-refractivity contribution in [1.29, 1.82) is 0 Å². The van der Waals surface area contributed by atoms with E-state index in [0.717, 1.165) is 27.6 Å².